The lowest BCUT2D eigenvalue weighted by Gasteiger charge is -2.40. The second kappa shape index (κ2) is 14.0. The zero-order chi connectivity index (χ0) is 34.9. The fourth-order valence-electron chi connectivity index (χ4n) is 7.38. The van der Waals surface area contributed by atoms with Gasteiger partial charge in [-0.15, -0.1) is 0 Å². The first-order chi connectivity index (χ1) is 23.5. The minimum absolute atomic E-state index is 0.0203. The Morgan fingerprint density at radius 1 is 0.980 bits per heavy atom. The van der Waals surface area contributed by atoms with Gasteiger partial charge in [0.1, 0.15) is 16.4 Å². The van der Waals surface area contributed by atoms with Crippen molar-refractivity contribution in [1.29, 1.82) is 0 Å². The smallest absolute Gasteiger partial charge is 0.318 e. The number of ether oxygens (including phenoxy) is 3. The van der Waals surface area contributed by atoms with Crippen LogP contribution < -0.4 is 23.8 Å². The zero-order valence-corrected chi connectivity index (χ0v) is 29.7. The number of benzene rings is 2. The van der Waals surface area contributed by atoms with Crippen molar-refractivity contribution in [3.05, 3.63) is 70.9 Å². The Morgan fingerprint density at radius 2 is 1.67 bits per heavy atom. The van der Waals surface area contributed by atoms with Crippen molar-refractivity contribution in [3.8, 4) is 17.4 Å². The van der Waals surface area contributed by atoms with Gasteiger partial charge in [-0.1, -0.05) is 11.6 Å². The van der Waals surface area contributed by atoms with Gasteiger partial charge in [0.05, 0.1) is 32.1 Å². The number of pyridine rings is 1. The molecule has 49 heavy (non-hydrogen) atoms. The number of sulfonamides is 1. The van der Waals surface area contributed by atoms with E-state index in [1.807, 2.05) is 0 Å². The van der Waals surface area contributed by atoms with Crippen molar-refractivity contribution in [2.75, 3.05) is 58.4 Å². The summed E-state index contributed by atoms with van der Waals surface area (Å²) in [6.45, 7) is 5.14. The highest BCUT2D eigenvalue weighted by Crippen LogP contribution is 2.50. The number of likely N-dealkylation sites (tertiary alicyclic amines) is 2. The maximum atomic E-state index is 15.1. The molecule has 3 aromatic rings. The monoisotopic (exact) mass is 711 g/mol. The first-order valence-electron chi connectivity index (χ1n) is 16.5. The van der Waals surface area contributed by atoms with Crippen LogP contribution in [0.25, 0.3) is 0 Å². The molecule has 4 heterocycles. The van der Waals surface area contributed by atoms with Crippen LogP contribution in [0.15, 0.2) is 59.6 Å². The molecule has 0 saturated carbocycles. The fourth-order valence-corrected chi connectivity index (χ4v) is 9.16. The number of nitrogens with zero attached hydrogens (tertiary/aromatic N) is 4. The number of aromatic nitrogens is 1. The number of rotatable bonds is 9. The third-order valence-electron chi connectivity index (χ3n) is 9.98. The van der Waals surface area contributed by atoms with E-state index in [2.05, 4.69) is 22.2 Å². The molecule has 2 aromatic carbocycles. The summed E-state index contributed by atoms with van der Waals surface area (Å²) in [6, 6.07) is 11.4. The molecule has 1 aromatic heterocycles. The van der Waals surface area contributed by atoms with Crippen molar-refractivity contribution in [2.45, 2.75) is 43.0 Å². The molecule has 0 radical (unpaired) electrons. The van der Waals surface area contributed by atoms with E-state index in [9.17, 15) is 13.2 Å². The molecular weight excluding hydrogens is 670 g/mol. The number of carbonyl (C=O) groups excluding carboxylic acids is 2. The van der Waals surface area contributed by atoms with Gasteiger partial charge in [-0.3, -0.25) is 4.79 Å². The molecule has 2 saturated heterocycles. The summed E-state index contributed by atoms with van der Waals surface area (Å²) in [5.41, 5.74) is -1.68. The van der Waals surface area contributed by atoms with E-state index in [0.29, 0.717) is 35.0 Å². The third-order valence-corrected chi connectivity index (χ3v) is 12.0. The van der Waals surface area contributed by atoms with E-state index < -0.39 is 27.5 Å². The molecule has 3 amide bonds. The number of hydrogen-bond donors (Lipinski definition) is 1. The summed E-state index contributed by atoms with van der Waals surface area (Å²) < 4.78 is 46.4. The number of halogens is 1. The van der Waals surface area contributed by atoms with Gasteiger partial charge in [-0.05, 0) is 107 Å². The van der Waals surface area contributed by atoms with Gasteiger partial charge in [0.2, 0.25) is 5.88 Å². The number of urea groups is 1. The number of fused-ring (bicyclic) bond motifs is 1. The van der Waals surface area contributed by atoms with E-state index in [1.165, 1.54) is 56.8 Å². The van der Waals surface area contributed by atoms with Crippen LogP contribution in [0.5, 0.6) is 17.4 Å². The molecule has 1 N–H and O–H groups in total. The number of amides is 3. The summed E-state index contributed by atoms with van der Waals surface area (Å²) in [6.07, 6.45) is 5.49. The molecule has 3 aliphatic heterocycles. The van der Waals surface area contributed by atoms with Gasteiger partial charge < -0.3 is 29.3 Å². The first-order valence-corrected chi connectivity index (χ1v) is 18.3. The standard InChI is InChI=1S/C35H42ClN5O7S/c1-5-48-32-27(7-6-16-37-32)35(38-34(43)40-19-14-24(15-20-40)23-12-17-39(2)18-13-23)28-21-25(36)8-10-29(28)41(33(35)42)49(44,45)31-11-9-26(46-3)22-30(31)47-4/h6-11,16,21-24H,5,12-15,17-20H2,1-4H3,(H,38,43). The van der Waals surface area contributed by atoms with Crippen molar-refractivity contribution in [3.63, 3.8) is 0 Å². The largest absolute Gasteiger partial charge is 0.497 e. The Labute approximate surface area is 292 Å². The van der Waals surface area contributed by atoms with E-state index in [-0.39, 0.29) is 45.0 Å². The van der Waals surface area contributed by atoms with Crippen LogP contribution in [-0.4, -0.2) is 89.2 Å². The Morgan fingerprint density at radius 3 is 2.33 bits per heavy atom. The first kappa shape index (κ1) is 34.8. The Kier molecular flexibility index (Phi) is 9.97. The quantitative estimate of drug-likeness (QED) is 0.330. The second-order valence-corrected chi connectivity index (χ2v) is 14.9. The van der Waals surface area contributed by atoms with Crippen LogP contribution in [0, 0.1) is 11.8 Å². The molecule has 12 nitrogen and oxygen atoms in total. The van der Waals surface area contributed by atoms with Gasteiger partial charge >= 0.3 is 6.03 Å². The SMILES string of the molecule is CCOc1ncccc1C1(NC(=O)N2CCC(C3CCN(C)CC3)CC2)C(=O)N(S(=O)(=O)c2ccc(OC)cc2OC)c2ccc(Cl)cc21. The lowest BCUT2D eigenvalue weighted by Crippen LogP contribution is -2.58. The molecule has 0 aliphatic carbocycles. The van der Waals surface area contributed by atoms with Crippen LogP contribution >= 0.6 is 11.6 Å². The minimum Gasteiger partial charge on any atom is -0.497 e. The highest BCUT2D eigenvalue weighted by atomic mass is 35.5. The fraction of sp³-hybridized carbons (Fsp3) is 0.457. The van der Waals surface area contributed by atoms with Crippen molar-refractivity contribution in [2.24, 2.45) is 11.8 Å². The Hall–Kier alpha value is -4.07. The van der Waals surface area contributed by atoms with E-state index in [1.54, 1.807) is 24.0 Å². The van der Waals surface area contributed by atoms with Crippen molar-refractivity contribution < 1.29 is 32.2 Å². The average Bonchev–Trinajstić information content (AvgIpc) is 3.36. The molecule has 6 rings (SSSR count). The Bertz CT molecular complexity index is 1830. The summed E-state index contributed by atoms with van der Waals surface area (Å²) >= 11 is 6.54. The predicted molar refractivity (Wildman–Crippen MR) is 185 cm³/mol. The zero-order valence-electron chi connectivity index (χ0n) is 28.1. The van der Waals surface area contributed by atoms with Gasteiger partial charge in [0, 0.05) is 35.9 Å². The topological polar surface area (TPSA) is 131 Å². The van der Waals surface area contributed by atoms with Crippen LogP contribution in [0.3, 0.4) is 0 Å². The number of piperidine rings is 2. The molecule has 3 aliphatic rings. The maximum absolute atomic E-state index is 15.1. The van der Waals surface area contributed by atoms with Gasteiger partial charge in [0.15, 0.2) is 5.54 Å². The van der Waals surface area contributed by atoms with Gasteiger partial charge in [0.25, 0.3) is 15.9 Å². The summed E-state index contributed by atoms with van der Waals surface area (Å²) in [5.74, 6) is 0.623. The summed E-state index contributed by atoms with van der Waals surface area (Å²) in [7, 11) is 0.287. The lowest BCUT2D eigenvalue weighted by molar-refractivity contribution is -0.121. The highest BCUT2D eigenvalue weighted by Gasteiger charge is 2.59. The predicted octanol–water partition coefficient (Wildman–Crippen LogP) is 4.89. The maximum Gasteiger partial charge on any atom is 0.318 e. The average molecular weight is 712 g/mol. The van der Waals surface area contributed by atoms with E-state index in [4.69, 9.17) is 25.8 Å². The molecular formula is C35H42ClN5O7S. The molecule has 14 heteroatoms. The molecule has 0 spiro atoms. The molecule has 0 bridgehead atoms. The highest BCUT2D eigenvalue weighted by molar-refractivity contribution is 7.93. The van der Waals surface area contributed by atoms with E-state index in [0.717, 1.165) is 38.8 Å². The lowest BCUT2D eigenvalue weighted by atomic mass is 9.79. The number of carbonyl (C=O) groups is 2. The van der Waals surface area contributed by atoms with Crippen LogP contribution in [0.2, 0.25) is 5.02 Å². The van der Waals surface area contributed by atoms with Crippen LogP contribution in [0.4, 0.5) is 10.5 Å². The molecule has 2 fully saturated rings. The molecule has 1 unspecified atom stereocenters. The van der Waals surface area contributed by atoms with Gasteiger partial charge in [-0.2, -0.15) is 4.31 Å². The number of hydrogen-bond acceptors (Lipinski definition) is 9. The van der Waals surface area contributed by atoms with Crippen LogP contribution in [-0.2, 0) is 20.4 Å². The second-order valence-electron chi connectivity index (χ2n) is 12.7. The summed E-state index contributed by atoms with van der Waals surface area (Å²) in [5, 5.41) is 3.25. The van der Waals surface area contributed by atoms with Gasteiger partial charge in [-0.25, -0.2) is 18.2 Å². The summed E-state index contributed by atoms with van der Waals surface area (Å²) in [4.78, 5) is 37.6. The normalized spacial score (nSPS) is 20.6. The third kappa shape index (κ3) is 6.28. The van der Waals surface area contributed by atoms with Crippen molar-refractivity contribution >= 4 is 39.2 Å². The number of anilines is 1. The van der Waals surface area contributed by atoms with Crippen LogP contribution in [0.1, 0.15) is 43.7 Å². The number of nitrogens with one attached hydrogen (secondary N) is 1. The Balaban J connectivity index is 1.43. The molecule has 1 atom stereocenters. The van der Waals surface area contributed by atoms with E-state index >= 15 is 4.79 Å². The van der Waals surface area contributed by atoms with Crippen molar-refractivity contribution in [1.82, 2.24) is 20.1 Å². The molecule has 262 valence electrons. The number of methoxy groups -OCH3 is 2. The minimum atomic E-state index is -4.64.